The Labute approximate surface area is 114 Å². The minimum atomic E-state index is -0.999. The number of carbonyl (C=O) groups excluding carboxylic acids is 1. The van der Waals surface area contributed by atoms with Crippen molar-refractivity contribution < 1.29 is 19.4 Å². The van der Waals surface area contributed by atoms with Crippen LogP contribution in [-0.4, -0.2) is 57.9 Å². The monoisotopic (exact) mass is 281 g/mol. The molecule has 2 rings (SSSR count). The average molecular weight is 281 g/mol. The van der Waals surface area contributed by atoms with Crippen molar-refractivity contribution in [1.82, 2.24) is 15.1 Å². The summed E-state index contributed by atoms with van der Waals surface area (Å²) in [4.78, 5) is 35.0. The standard InChI is InChI=1S/C12H15N3O5/c16-10-2-1-9(13-14-10)12(19)15-5-3-8(4-6-15)20-7-11(17)18/h1-2,8H,3-7H2,(H,14,16)(H,17,18). The van der Waals surface area contributed by atoms with Gasteiger partial charge in [-0.2, -0.15) is 5.10 Å². The summed E-state index contributed by atoms with van der Waals surface area (Å²) in [5, 5.41) is 14.4. The fourth-order valence-corrected chi connectivity index (χ4v) is 2.04. The third kappa shape index (κ3) is 3.64. The van der Waals surface area contributed by atoms with Crippen LogP contribution in [0.1, 0.15) is 23.3 Å². The van der Waals surface area contributed by atoms with Gasteiger partial charge < -0.3 is 14.7 Å². The lowest BCUT2D eigenvalue weighted by Crippen LogP contribution is -2.41. The lowest BCUT2D eigenvalue weighted by atomic mass is 10.1. The Balaban J connectivity index is 1.87. The van der Waals surface area contributed by atoms with Crippen LogP contribution in [0.2, 0.25) is 0 Å². The topological polar surface area (TPSA) is 113 Å². The lowest BCUT2D eigenvalue weighted by molar-refractivity contribution is -0.145. The lowest BCUT2D eigenvalue weighted by Gasteiger charge is -2.31. The van der Waals surface area contributed by atoms with Crippen molar-refractivity contribution in [2.45, 2.75) is 18.9 Å². The maximum absolute atomic E-state index is 12.1. The van der Waals surface area contributed by atoms with Crippen molar-refractivity contribution in [1.29, 1.82) is 0 Å². The van der Waals surface area contributed by atoms with E-state index in [-0.39, 0.29) is 29.9 Å². The molecule has 0 saturated carbocycles. The first-order valence-electron chi connectivity index (χ1n) is 6.24. The Morgan fingerprint density at radius 2 is 2.10 bits per heavy atom. The predicted octanol–water partition coefficient (Wildman–Crippen LogP) is -0.524. The number of piperidine rings is 1. The SMILES string of the molecule is O=C(O)COC1CCN(C(=O)c2ccc(=O)[nH]n2)CC1. The second-order valence-electron chi connectivity index (χ2n) is 4.50. The second kappa shape index (κ2) is 6.29. The van der Waals surface area contributed by atoms with Crippen LogP contribution in [-0.2, 0) is 9.53 Å². The van der Waals surface area contributed by atoms with E-state index >= 15 is 0 Å². The van der Waals surface area contributed by atoms with Crippen LogP contribution in [0.3, 0.4) is 0 Å². The van der Waals surface area contributed by atoms with Crippen LogP contribution in [0.15, 0.2) is 16.9 Å². The number of likely N-dealkylation sites (tertiary alicyclic amines) is 1. The molecule has 108 valence electrons. The molecule has 0 spiro atoms. The molecule has 8 nitrogen and oxygen atoms in total. The highest BCUT2D eigenvalue weighted by molar-refractivity contribution is 5.92. The maximum Gasteiger partial charge on any atom is 0.329 e. The van der Waals surface area contributed by atoms with Gasteiger partial charge >= 0.3 is 5.97 Å². The van der Waals surface area contributed by atoms with Crippen LogP contribution >= 0.6 is 0 Å². The predicted molar refractivity (Wildman–Crippen MR) is 67.4 cm³/mol. The number of carbonyl (C=O) groups is 2. The molecule has 1 fully saturated rings. The summed E-state index contributed by atoms with van der Waals surface area (Å²) < 4.78 is 5.19. The highest BCUT2D eigenvalue weighted by atomic mass is 16.5. The van der Waals surface area contributed by atoms with Crippen molar-refractivity contribution in [2.24, 2.45) is 0 Å². The molecule has 2 heterocycles. The Bertz CT molecular complexity index is 528. The first kappa shape index (κ1) is 14.2. The number of nitrogens with zero attached hydrogens (tertiary/aromatic N) is 2. The van der Waals surface area contributed by atoms with E-state index in [1.807, 2.05) is 0 Å². The molecule has 1 aromatic rings. The summed E-state index contributed by atoms with van der Waals surface area (Å²) in [6, 6.07) is 2.64. The maximum atomic E-state index is 12.1. The molecule has 0 aliphatic carbocycles. The van der Waals surface area contributed by atoms with Crippen LogP contribution in [0.25, 0.3) is 0 Å². The number of ether oxygens (including phenoxy) is 1. The van der Waals surface area contributed by atoms with Crippen molar-refractivity contribution in [3.8, 4) is 0 Å². The zero-order valence-electron chi connectivity index (χ0n) is 10.7. The molecule has 0 unspecified atom stereocenters. The first-order chi connectivity index (χ1) is 9.56. The number of H-pyrrole nitrogens is 1. The van der Waals surface area contributed by atoms with Crippen molar-refractivity contribution in [3.63, 3.8) is 0 Å². The molecule has 8 heteroatoms. The fourth-order valence-electron chi connectivity index (χ4n) is 2.04. The Morgan fingerprint density at radius 3 is 2.65 bits per heavy atom. The number of rotatable bonds is 4. The minimum absolute atomic E-state index is 0.140. The number of aromatic amines is 1. The number of hydrogen-bond acceptors (Lipinski definition) is 5. The van der Waals surface area contributed by atoms with Gasteiger partial charge in [0.1, 0.15) is 12.3 Å². The molecule has 0 atom stereocenters. The minimum Gasteiger partial charge on any atom is -0.480 e. The molecule has 1 aliphatic rings. The number of carboxylic acid groups (broad SMARTS) is 1. The third-order valence-corrected chi connectivity index (χ3v) is 3.07. The van der Waals surface area contributed by atoms with E-state index in [1.165, 1.54) is 12.1 Å². The first-order valence-corrected chi connectivity index (χ1v) is 6.24. The van der Waals surface area contributed by atoms with Crippen molar-refractivity contribution >= 4 is 11.9 Å². The number of carboxylic acids is 1. The summed E-state index contributed by atoms with van der Waals surface area (Å²) in [7, 11) is 0. The number of amides is 1. The summed E-state index contributed by atoms with van der Waals surface area (Å²) in [5.74, 6) is -1.25. The molecule has 2 N–H and O–H groups in total. The van der Waals surface area contributed by atoms with Gasteiger partial charge in [0.15, 0.2) is 0 Å². The molecule has 1 aliphatic heterocycles. The van der Waals surface area contributed by atoms with E-state index in [4.69, 9.17) is 9.84 Å². The van der Waals surface area contributed by atoms with Gasteiger partial charge in [-0.3, -0.25) is 9.59 Å². The van der Waals surface area contributed by atoms with Crippen LogP contribution < -0.4 is 5.56 Å². The van der Waals surface area contributed by atoms with Crippen molar-refractivity contribution in [2.75, 3.05) is 19.7 Å². The Kier molecular flexibility index (Phi) is 4.46. The number of aliphatic carboxylic acids is 1. The van der Waals surface area contributed by atoms with Gasteiger partial charge in [-0.15, -0.1) is 0 Å². The molecule has 1 amide bonds. The van der Waals surface area contributed by atoms with E-state index in [9.17, 15) is 14.4 Å². The van der Waals surface area contributed by atoms with Crippen LogP contribution in [0.5, 0.6) is 0 Å². The van der Waals surface area contributed by atoms with Crippen molar-refractivity contribution in [3.05, 3.63) is 28.2 Å². The molecular weight excluding hydrogens is 266 g/mol. The molecule has 20 heavy (non-hydrogen) atoms. The summed E-state index contributed by atoms with van der Waals surface area (Å²) in [5.41, 5.74) is -0.170. The van der Waals surface area contributed by atoms with Gasteiger partial charge in [0, 0.05) is 19.2 Å². The molecule has 0 radical (unpaired) electrons. The smallest absolute Gasteiger partial charge is 0.329 e. The highest BCUT2D eigenvalue weighted by Crippen LogP contribution is 2.15. The van der Waals surface area contributed by atoms with Gasteiger partial charge in [0.25, 0.3) is 11.5 Å². The average Bonchev–Trinajstić information content (AvgIpc) is 2.46. The van der Waals surface area contributed by atoms with E-state index < -0.39 is 5.97 Å². The number of hydrogen-bond donors (Lipinski definition) is 2. The summed E-state index contributed by atoms with van der Waals surface area (Å²) >= 11 is 0. The highest BCUT2D eigenvalue weighted by Gasteiger charge is 2.25. The Hall–Kier alpha value is -2.22. The van der Waals surface area contributed by atoms with E-state index in [0.717, 1.165) is 0 Å². The fraction of sp³-hybridized carbons (Fsp3) is 0.500. The van der Waals surface area contributed by atoms with Gasteiger partial charge in [-0.1, -0.05) is 0 Å². The summed E-state index contributed by atoms with van der Waals surface area (Å²) in [6.45, 7) is 0.633. The molecule has 0 bridgehead atoms. The van der Waals surface area contributed by atoms with Gasteiger partial charge in [0.2, 0.25) is 0 Å². The Morgan fingerprint density at radius 1 is 1.40 bits per heavy atom. The summed E-state index contributed by atoms with van der Waals surface area (Å²) in [6.07, 6.45) is 1.03. The van der Waals surface area contributed by atoms with Crippen LogP contribution in [0.4, 0.5) is 0 Å². The van der Waals surface area contributed by atoms with E-state index in [2.05, 4.69) is 10.2 Å². The van der Waals surface area contributed by atoms with Gasteiger partial charge in [-0.05, 0) is 18.9 Å². The van der Waals surface area contributed by atoms with E-state index in [1.54, 1.807) is 4.90 Å². The largest absolute Gasteiger partial charge is 0.480 e. The van der Waals surface area contributed by atoms with Gasteiger partial charge in [0.05, 0.1) is 6.10 Å². The quantitative estimate of drug-likeness (QED) is 0.767. The normalized spacial score (nSPS) is 16.1. The van der Waals surface area contributed by atoms with Crippen LogP contribution in [0, 0.1) is 0 Å². The zero-order valence-corrected chi connectivity index (χ0v) is 10.7. The molecular formula is C12H15N3O5. The van der Waals surface area contributed by atoms with E-state index in [0.29, 0.717) is 25.9 Å². The third-order valence-electron chi connectivity index (χ3n) is 3.07. The van der Waals surface area contributed by atoms with Gasteiger partial charge in [-0.25, -0.2) is 9.89 Å². The second-order valence-corrected chi connectivity index (χ2v) is 4.50. The number of nitrogens with one attached hydrogen (secondary N) is 1. The molecule has 1 aromatic heterocycles. The molecule has 0 aromatic carbocycles. The number of aromatic nitrogens is 2. The molecule has 1 saturated heterocycles. The zero-order chi connectivity index (χ0) is 14.5.